The molecule has 0 aromatic carbocycles. The number of pyridine rings is 1. The van der Waals surface area contributed by atoms with E-state index in [2.05, 4.69) is 47.1 Å². The van der Waals surface area contributed by atoms with Crippen LogP contribution in [0.15, 0.2) is 48.8 Å². The van der Waals surface area contributed by atoms with Crippen molar-refractivity contribution in [1.82, 2.24) is 15.8 Å². The molecule has 1 rings (SSSR count). The highest BCUT2D eigenvalue weighted by Gasteiger charge is 2.06. The van der Waals surface area contributed by atoms with E-state index in [-0.39, 0.29) is 11.8 Å². The molecule has 2 N–H and O–H groups in total. The van der Waals surface area contributed by atoms with Gasteiger partial charge >= 0.3 is 0 Å². The summed E-state index contributed by atoms with van der Waals surface area (Å²) in [6, 6.07) is 3.20. The van der Waals surface area contributed by atoms with Crippen molar-refractivity contribution >= 4 is 11.8 Å². The molecule has 5 heteroatoms. The van der Waals surface area contributed by atoms with Crippen LogP contribution in [0.5, 0.6) is 0 Å². The molecule has 160 valence electrons. The van der Waals surface area contributed by atoms with Gasteiger partial charge in [0, 0.05) is 24.4 Å². The summed E-state index contributed by atoms with van der Waals surface area (Å²) in [5.74, 6) is -0.487. The van der Waals surface area contributed by atoms with Crippen molar-refractivity contribution in [1.29, 1.82) is 0 Å². The van der Waals surface area contributed by atoms with E-state index in [0.717, 1.165) is 32.1 Å². The number of rotatable bonds is 15. The van der Waals surface area contributed by atoms with Gasteiger partial charge in [-0.15, -0.1) is 0 Å². The Morgan fingerprint density at radius 3 is 2.14 bits per heavy atom. The summed E-state index contributed by atoms with van der Waals surface area (Å²) in [4.78, 5) is 27.4. The maximum absolute atomic E-state index is 11.8. The van der Waals surface area contributed by atoms with Crippen LogP contribution in [0.25, 0.3) is 0 Å². The van der Waals surface area contributed by atoms with E-state index in [1.54, 1.807) is 24.5 Å². The van der Waals surface area contributed by atoms with E-state index in [4.69, 9.17) is 0 Å². The molecule has 1 aromatic heterocycles. The molecule has 0 unspecified atom stereocenters. The lowest BCUT2D eigenvalue weighted by Gasteiger charge is -2.07. The van der Waals surface area contributed by atoms with E-state index in [1.165, 1.54) is 38.5 Å². The van der Waals surface area contributed by atoms with Crippen LogP contribution in [0.4, 0.5) is 0 Å². The van der Waals surface area contributed by atoms with Crippen LogP contribution in [0, 0.1) is 0 Å². The number of hydrogen-bond acceptors (Lipinski definition) is 3. The molecule has 5 nitrogen and oxygen atoms in total. The summed E-state index contributed by atoms with van der Waals surface area (Å²) in [5, 5.41) is 0. The molecule has 0 aliphatic rings. The number of nitrogens with one attached hydrogen (secondary N) is 2. The largest absolute Gasteiger partial charge is 0.273 e. The second-order valence-electron chi connectivity index (χ2n) is 7.22. The third-order valence-corrected chi connectivity index (χ3v) is 4.61. The van der Waals surface area contributed by atoms with Gasteiger partial charge < -0.3 is 0 Å². The summed E-state index contributed by atoms with van der Waals surface area (Å²) in [6.07, 6.45) is 25.3. The zero-order valence-corrected chi connectivity index (χ0v) is 17.9. The van der Waals surface area contributed by atoms with Crippen molar-refractivity contribution in [2.75, 3.05) is 0 Å². The lowest BCUT2D eigenvalue weighted by Crippen LogP contribution is -2.41. The highest BCUT2D eigenvalue weighted by Crippen LogP contribution is 2.08. The molecule has 0 bridgehead atoms. The second-order valence-corrected chi connectivity index (χ2v) is 7.22. The number of hydrazine groups is 1. The maximum atomic E-state index is 11.8. The molecular weight excluding hydrogens is 362 g/mol. The number of allylic oxidation sites excluding steroid dienone is 4. The van der Waals surface area contributed by atoms with Crippen molar-refractivity contribution in [3.8, 4) is 0 Å². The molecule has 0 saturated heterocycles. The van der Waals surface area contributed by atoms with Crippen LogP contribution < -0.4 is 10.9 Å². The van der Waals surface area contributed by atoms with Crippen molar-refractivity contribution in [2.45, 2.75) is 84.0 Å². The van der Waals surface area contributed by atoms with Gasteiger partial charge in [0.1, 0.15) is 0 Å². The number of hydrogen-bond donors (Lipinski definition) is 2. The number of aromatic nitrogens is 1. The highest BCUT2D eigenvalue weighted by molar-refractivity contribution is 5.95. The van der Waals surface area contributed by atoms with Gasteiger partial charge in [-0.1, -0.05) is 63.3 Å². The predicted molar refractivity (Wildman–Crippen MR) is 119 cm³/mol. The first-order chi connectivity index (χ1) is 14.2. The summed E-state index contributed by atoms with van der Waals surface area (Å²) in [5.41, 5.74) is 5.35. The molecule has 2 amide bonds. The van der Waals surface area contributed by atoms with Crippen molar-refractivity contribution in [2.24, 2.45) is 0 Å². The first kappa shape index (κ1) is 24.6. The van der Waals surface area contributed by atoms with E-state index in [1.807, 2.05) is 0 Å². The molecule has 0 aliphatic carbocycles. The molecule has 1 heterocycles. The average molecular weight is 400 g/mol. The van der Waals surface area contributed by atoms with Gasteiger partial charge in [-0.25, -0.2) is 0 Å². The van der Waals surface area contributed by atoms with Gasteiger partial charge in [0.05, 0.1) is 0 Å². The fourth-order valence-corrected chi connectivity index (χ4v) is 2.86. The van der Waals surface area contributed by atoms with Crippen molar-refractivity contribution in [3.05, 3.63) is 54.4 Å². The molecular formula is C24H37N3O2. The minimum Gasteiger partial charge on any atom is -0.273 e. The molecule has 1 aromatic rings. The van der Waals surface area contributed by atoms with Crippen LogP contribution in [-0.4, -0.2) is 16.8 Å². The Balaban J connectivity index is 1.90. The molecule has 29 heavy (non-hydrogen) atoms. The quantitative estimate of drug-likeness (QED) is 0.227. The van der Waals surface area contributed by atoms with E-state index >= 15 is 0 Å². The zero-order valence-electron chi connectivity index (χ0n) is 17.9. The van der Waals surface area contributed by atoms with E-state index < -0.39 is 0 Å². The Morgan fingerprint density at radius 2 is 1.45 bits per heavy atom. The molecule has 0 radical (unpaired) electrons. The molecule has 0 fully saturated rings. The van der Waals surface area contributed by atoms with Gasteiger partial charge in [0.15, 0.2) is 0 Å². The summed E-state index contributed by atoms with van der Waals surface area (Å²) < 4.78 is 0. The minimum absolute atomic E-state index is 0.155. The average Bonchev–Trinajstić information content (AvgIpc) is 2.75. The van der Waals surface area contributed by atoms with Gasteiger partial charge in [0.2, 0.25) is 5.91 Å². The van der Waals surface area contributed by atoms with Crippen molar-refractivity contribution in [3.63, 3.8) is 0 Å². The standard InChI is InChI=1S/C24H37N3O2/c1-2-3-4-5-6-7-8-9-10-11-12-13-14-15-16-17-23(28)26-27-24(29)22-18-20-25-21-19-22/h6-7,9-10,18-21H,2-5,8,11-17H2,1H3,(H,26,28)(H,27,29)/b7-6-,10-9-. The third-order valence-electron chi connectivity index (χ3n) is 4.61. The Kier molecular flexibility index (Phi) is 15.0. The minimum atomic E-state index is -0.333. The Labute approximate surface area is 176 Å². The van der Waals surface area contributed by atoms with Gasteiger partial charge in [-0.05, 0) is 50.7 Å². The monoisotopic (exact) mass is 399 g/mol. The van der Waals surface area contributed by atoms with Gasteiger partial charge in [0.25, 0.3) is 5.91 Å². The van der Waals surface area contributed by atoms with Crippen LogP contribution in [0.1, 0.15) is 94.3 Å². The SMILES string of the molecule is CCCCC/C=C\C/C=C\CCCCCCCC(=O)NNC(=O)c1ccncc1. The van der Waals surface area contributed by atoms with Gasteiger partial charge in [-0.2, -0.15) is 0 Å². The summed E-state index contributed by atoms with van der Waals surface area (Å²) >= 11 is 0. The predicted octanol–water partition coefficient (Wildman–Crippen LogP) is 5.66. The molecule has 0 atom stereocenters. The summed E-state index contributed by atoms with van der Waals surface area (Å²) in [7, 11) is 0. The Hall–Kier alpha value is -2.43. The van der Waals surface area contributed by atoms with Crippen LogP contribution >= 0.6 is 0 Å². The number of carbonyl (C=O) groups excluding carboxylic acids is 2. The van der Waals surface area contributed by atoms with Crippen LogP contribution in [0.2, 0.25) is 0 Å². The number of carbonyl (C=O) groups is 2. The second kappa shape index (κ2) is 17.7. The van der Waals surface area contributed by atoms with Crippen LogP contribution in [-0.2, 0) is 4.79 Å². The smallest absolute Gasteiger partial charge is 0.269 e. The molecule has 0 aliphatic heterocycles. The molecule has 0 saturated carbocycles. The fourth-order valence-electron chi connectivity index (χ4n) is 2.86. The fraction of sp³-hybridized carbons (Fsp3) is 0.542. The summed E-state index contributed by atoms with van der Waals surface area (Å²) in [6.45, 7) is 2.23. The van der Waals surface area contributed by atoms with E-state index in [0.29, 0.717) is 12.0 Å². The normalized spacial score (nSPS) is 11.2. The third kappa shape index (κ3) is 14.3. The van der Waals surface area contributed by atoms with Gasteiger partial charge in [-0.3, -0.25) is 25.4 Å². The van der Waals surface area contributed by atoms with E-state index in [9.17, 15) is 9.59 Å². The Morgan fingerprint density at radius 1 is 0.828 bits per heavy atom. The first-order valence-corrected chi connectivity index (χ1v) is 11.0. The molecule has 0 spiro atoms. The lowest BCUT2D eigenvalue weighted by molar-refractivity contribution is -0.122. The number of unbranched alkanes of at least 4 members (excludes halogenated alkanes) is 8. The maximum Gasteiger partial charge on any atom is 0.269 e. The van der Waals surface area contributed by atoms with Crippen LogP contribution in [0.3, 0.4) is 0 Å². The number of amides is 2. The zero-order chi connectivity index (χ0) is 21.0. The Bertz CT molecular complexity index is 612. The lowest BCUT2D eigenvalue weighted by atomic mass is 10.1. The van der Waals surface area contributed by atoms with Crippen molar-refractivity contribution < 1.29 is 9.59 Å². The number of nitrogens with zero attached hydrogens (tertiary/aromatic N) is 1. The highest BCUT2D eigenvalue weighted by atomic mass is 16.2. The topological polar surface area (TPSA) is 71.1 Å². The first-order valence-electron chi connectivity index (χ1n) is 11.0.